The Hall–Kier alpha value is -1.77. The summed E-state index contributed by atoms with van der Waals surface area (Å²) in [6, 6.07) is 6.11. The summed E-state index contributed by atoms with van der Waals surface area (Å²) in [5.41, 5.74) is 4.54. The van der Waals surface area contributed by atoms with Crippen molar-refractivity contribution in [2.75, 3.05) is 19.0 Å². The van der Waals surface area contributed by atoms with E-state index in [1.807, 2.05) is 12.1 Å². The lowest BCUT2D eigenvalue weighted by Crippen LogP contribution is -2.08. The fourth-order valence-corrected chi connectivity index (χ4v) is 2.70. The average molecular weight is 272 g/mol. The van der Waals surface area contributed by atoms with Crippen molar-refractivity contribution in [1.29, 1.82) is 0 Å². The van der Waals surface area contributed by atoms with E-state index in [2.05, 4.69) is 39.1 Å². The topological polar surface area (TPSA) is 34.2 Å². The molecular weight excluding hydrogens is 248 g/mol. The van der Waals surface area contributed by atoms with Gasteiger partial charge in [-0.3, -0.25) is 0 Å². The van der Waals surface area contributed by atoms with Crippen molar-refractivity contribution in [3.05, 3.63) is 29.5 Å². The number of hydrogen-bond acceptors (Lipinski definition) is 3. The lowest BCUT2D eigenvalue weighted by Gasteiger charge is -2.20. The van der Waals surface area contributed by atoms with Gasteiger partial charge in [0.1, 0.15) is 11.3 Å². The fraction of sp³-hybridized carbons (Fsp3) is 0.471. The van der Waals surface area contributed by atoms with E-state index in [4.69, 9.17) is 9.72 Å². The number of fused-ring (bicyclic) bond motifs is 1. The lowest BCUT2D eigenvalue weighted by atomic mass is 9.96. The van der Waals surface area contributed by atoms with E-state index in [-0.39, 0.29) is 0 Å². The molecule has 0 unspecified atom stereocenters. The molecule has 2 aromatic rings. The van der Waals surface area contributed by atoms with Crippen LogP contribution in [0.4, 0.5) is 5.69 Å². The Labute approximate surface area is 121 Å². The normalized spacial score (nSPS) is 11.1. The van der Waals surface area contributed by atoms with Crippen LogP contribution in [-0.2, 0) is 0 Å². The monoisotopic (exact) mass is 272 g/mol. The number of benzene rings is 1. The van der Waals surface area contributed by atoms with E-state index in [0.717, 1.165) is 35.3 Å². The quantitative estimate of drug-likeness (QED) is 0.870. The largest absolute Gasteiger partial charge is 0.494 e. The van der Waals surface area contributed by atoms with E-state index in [9.17, 15) is 0 Å². The molecule has 20 heavy (non-hydrogen) atoms. The zero-order chi connectivity index (χ0) is 14.7. The number of aryl methyl sites for hydroxylation is 1. The predicted molar refractivity (Wildman–Crippen MR) is 85.9 cm³/mol. The second-order valence-electron chi connectivity index (χ2n) is 5.42. The van der Waals surface area contributed by atoms with Crippen LogP contribution in [0, 0.1) is 6.92 Å². The maximum atomic E-state index is 5.45. The van der Waals surface area contributed by atoms with E-state index in [1.54, 1.807) is 7.11 Å². The Bertz CT molecular complexity index is 605. The van der Waals surface area contributed by atoms with Gasteiger partial charge in [-0.15, -0.1) is 0 Å². The van der Waals surface area contributed by atoms with E-state index in [1.165, 1.54) is 11.3 Å². The molecule has 3 nitrogen and oxygen atoms in total. The standard InChI is InChI=1S/C17H24N2O/c1-6-10-18-17-13-8-7-9-14(20-5)16(13)19-12(4)15(17)11(2)3/h7-9,11H,6,10H2,1-5H3,(H,18,19). The molecule has 0 saturated carbocycles. The summed E-state index contributed by atoms with van der Waals surface area (Å²) in [6.07, 6.45) is 1.10. The van der Waals surface area contributed by atoms with Crippen molar-refractivity contribution in [2.45, 2.75) is 40.0 Å². The number of para-hydroxylation sites is 1. The summed E-state index contributed by atoms with van der Waals surface area (Å²) in [6.45, 7) is 9.66. The number of methoxy groups -OCH3 is 1. The SMILES string of the molecule is CCCNc1c(C(C)C)c(C)nc2c(OC)cccc12. The maximum Gasteiger partial charge on any atom is 0.145 e. The maximum absolute atomic E-state index is 5.45. The Kier molecular flexibility index (Phi) is 4.48. The van der Waals surface area contributed by atoms with Crippen molar-refractivity contribution in [1.82, 2.24) is 4.98 Å². The van der Waals surface area contributed by atoms with Gasteiger partial charge < -0.3 is 10.1 Å². The minimum absolute atomic E-state index is 0.442. The molecule has 0 radical (unpaired) electrons. The first kappa shape index (κ1) is 14.6. The average Bonchev–Trinajstić information content (AvgIpc) is 2.43. The van der Waals surface area contributed by atoms with Crippen LogP contribution < -0.4 is 10.1 Å². The highest BCUT2D eigenvalue weighted by Crippen LogP contribution is 2.36. The van der Waals surface area contributed by atoms with Gasteiger partial charge in [0.05, 0.1) is 7.11 Å². The molecule has 0 aliphatic rings. The molecule has 0 saturated heterocycles. The number of aromatic nitrogens is 1. The van der Waals surface area contributed by atoms with Crippen molar-refractivity contribution < 1.29 is 4.74 Å². The first-order valence-electron chi connectivity index (χ1n) is 7.31. The van der Waals surface area contributed by atoms with E-state index >= 15 is 0 Å². The molecule has 0 amide bonds. The first-order valence-corrected chi connectivity index (χ1v) is 7.31. The van der Waals surface area contributed by atoms with E-state index in [0.29, 0.717) is 5.92 Å². The zero-order valence-corrected chi connectivity index (χ0v) is 13.1. The molecule has 1 aromatic carbocycles. The molecule has 3 heteroatoms. The Morgan fingerprint density at radius 2 is 2.05 bits per heavy atom. The third-order valence-corrected chi connectivity index (χ3v) is 3.56. The number of pyridine rings is 1. The molecular formula is C17H24N2O. The summed E-state index contributed by atoms with van der Waals surface area (Å²) in [4.78, 5) is 4.77. The number of anilines is 1. The van der Waals surface area contributed by atoms with Crippen LogP contribution in [0.25, 0.3) is 10.9 Å². The van der Waals surface area contributed by atoms with Crippen molar-refractivity contribution in [3.8, 4) is 5.75 Å². The molecule has 0 aliphatic heterocycles. The second kappa shape index (κ2) is 6.12. The highest BCUT2D eigenvalue weighted by molar-refractivity contribution is 5.97. The fourth-order valence-electron chi connectivity index (χ4n) is 2.70. The first-order chi connectivity index (χ1) is 9.60. The van der Waals surface area contributed by atoms with Crippen LogP contribution in [0.1, 0.15) is 44.4 Å². The highest BCUT2D eigenvalue weighted by atomic mass is 16.5. The van der Waals surface area contributed by atoms with Crippen LogP contribution in [0.2, 0.25) is 0 Å². The van der Waals surface area contributed by atoms with Gasteiger partial charge in [0.25, 0.3) is 0 Å². The summed E-state index contributed by atoms with van der Waals surface area (Å²) in [7, 11) is 1.70. The molecule has 1 aromatic heterocycles. The van der Waals surface area contributed by atoms with E-state index < -0.39 is 0 Å². The molecule has 2 rings (SSSR count). The molecule has 0 bridgehead atoms. The summed E-state index contributed by atoms with van der Waals surface area (Å²) in [5, 5.41) is 4.73. The molecule has 1 N–H and O–H groups in total. The van der Waals surface area contributed by atoms with Crippen LogP contribution in [-0.4, -0.2) is 18.6 Å². The van der Waals surface area contributed by atoms with Crippen molar-refractivity contribution in [2.24, 2.45) is 0 Å². The van der Waals surface area contributed by atoms with Crippen LogP contribution >= 0.6 is 0 Å². The zero-order valence-electron chi connectivity index (χ0n) is 13.1. The molecule has 0 atom stereocenters. The predicted octanol–water partition coefficient (Wildman–Crippen LogP) is 4.50. The van der Waals surface area contributed by atoms with Gasteiger partial charge in [0, 0.05) is 23.3 Å². The Morgan fingerprint density at radius 3 is 2.65 bits per heavy atom. The van der Waals surface area contributed by atoms with Crippen molar-refractivity contribution >= 4 is 16.6 Å². The molecule has 108 valence electrons. The molecule has 0 fully saturated rings. The van der Waals surface area contributed by atoms with Gasteiger partial charge in [0.15, 0.2) is 0 Å². The van der Waals surface area contributed by atoms with Crippen LogP contribution in [0.5, 0.6) is 5.75 Å². The Morgan fingerprint density at radius 1 is 1.30 bits per heavy atom. The number of rotatable bonds is 5. The minimum Gasteiger partial charge on any atom is -0.494 e. The molecule has 0 aliphatic carbocycles. The van der Waals surface area contributed by atoms with Gasteiger partial charge in [-0.1, -0.05) is 32.9 Å². The summed E-state index contributed by atoms with van der Waals surface area (Å²) in [5.74, 6) is 1.28. The number of nitrogens with zero attached hydrogens (tertiary/aromatic N) is 1. The third kappa shape index (κ3) is 2.58. The minimum atomic E-state index is 0.442. The second-order valence-corrected chi connectivity index (χ2v) is 5.42. The lowest BCUT2D eigenvalue weighted by molar-refractivity contribution is 0.419. The summed E-state index contributed by atoms with van der Waals surface area (Å²) >= 11 is 0. The van der Waals surface area contributed by atoms with Crippen LogP contribution in [0.15, 0.2) is 18.2 Å². The number of hydrogen-bond donors (Lipinski definition) is 1. The van der Waals surface area contributed by atoms with Crippen molar-refractivity contribution in [3.63, 3.8) is 0 Å². The van der Waals surface area contributed by atoms with Gasteiger partial charge in [-0.2, -0.15) is 0 Å². The van der Waals surface area contributed by atoms with Gasteiger partial charge >= 0.3 is 0 Å². The van der Waals surface area contributed by atoms with Gasteiger partial charge in [0.2, 0.25) is 0 Å². The van der Waals surface area contributed by atoms with Gasteiger partial charge in [-0.25, -0.2) is 4.98 Å². The molecule has 1 heterocycles. The number of ether oxygens (including phenoxy) is 1. The smallest absolute Gasteiger partial charge is 0.145 e. The Balaban J connectivity index is 2.75. The van der Waals surface area contributed by atoms with Gasteiger partial charge in [-0.05, 0) is 30.9 Å². The third-order valence-electron chi connectivity index (χ3n) is 3.56. The molecule has 0 spiro atoms. The highest BCUT2D eigenvalue weighted by Gasteiger charge is 2.16. The van der Waals surface area contributed by atoms with Crippen LogP contribution in [0.3, 0.4) is 0 Å². The summed E-state index contributed by atoms with van der Waals surface area (Å²) < 4.78 is 5.45. The number of nitrogens with one attached hydrogen (secondary N) is 1.